The Kier molecular flexibility index (Phi) is 2.49. The molecule has 1 aromatic heterocycles. The van der Waals surface area contributed by atoms with Gasteiger partial charge in [0.05, 0.1) is 12.3 Å². The zero-order valence-electron chi connectivity index (χ0n) is 6.57. The van der Waals surface area contributed by atoms with Crippen molar-refractivity contribution in [3.05, 3.63) is 24.2 Å². The molecule has 0 bridgehead atoms. The fourth-order valence-corrected chi connectivity index (χ4v) is 0.708. The number of furan rings is 1. The van der Waals surface area contributed by atoms with Crippen LogP contribution >= 0.6 is 0 Å². The van der Waals surface area contributed by atoms with Gasteiger partial charge >= 0.3 is 0 Å². The van der Waals surface area contributed by atoms with Crippen LogP contribution < -0.4 is 5.32 Å². The maximum Gasteiger partial charge on any atom is 0.288 e. The zero-order chi connectivity index (χ0) is 8.97. The lowest BCUT2D eigenvalue weighted by Gasteiger charge is -2.02. The van der Waals surface area contributed by atoms with Gasteiger partial charge < -0.3 is 9.73 Å². The van der Waals surface area contributed by atoms with Gasteiger partial charge in [0.2, 0.25) is 0 Å². The highest BCUT2D eigenvalue weighted by molar-refractivity contribution is 5.91. The second-order valence-electron chi connectivity index (χ2n) is 2.30. The lowest BCUT2D eigenvalue weighted by Crippen LogP contribution is -2.30. The smallest absolute Gasteiger partial charge is 0.288 e. The Morgan fingerprint density at radius 3 is 3.08 bits per heavy atom. The summed E-state index contributed by atoms with van der Waals surface area (Å²) in [7, 11) is 0. The number of nitrogens with zero attached hydrogens (tertiary/aromatic N) is 1. The molecule has 0 spiro atoms. The van der Waals surface area contributed by atoms with E-state index < -0.39 is 6.04 Å². The van der Waals surface area contributed by atoms with E-state index in [0.29, 0.717) is 0 Å². The van der Waals surface area contributed by atoms with E-state index in [1.165, 1.54) is 6.26 Å². The van der Waals surface area contributed by atoms with Gasteiger partial charge in [-0.05, 0) is 19.1 Å². The number of carbonyl (C=O) groups excluding carboxylic acids is 1. The maximum absolute atomic E-state index is 11.1. The van der Waals surface area contributed by atoms with E-state index in [-0.39, 0.29) is 11.7 Å². The molecule has 1 atom stereocenters. The van der Waals surface area contributed by atoms with Gasteiger partial charge in [0, 0.05) is 0 Å². The molecule has 0 radical (unpaired) electrons. The van der Waals surface area contributed by atoms with Gasteiger partial charge in [0.25, 0.3) is 5.91 Å². The highest BCUT2D eigenvalue weighted by Crippen LogP contribution is 1.99. The van der Waals surface area contributed by atoms with Crippen LogP contribution in [0.1, 0.15) is 17.5 Å². The van der Waals surface area contributed by atoms with Crippen molar-refractivity contribution in [3.8, 4) is 6.07 Å². The summed E-state index contributed by atoms with van der Waals surface area (Å²) in [6, 6.07) is 4.54. The second-order valence-corrected chi connectivity index (χ2v) is 2.30. The van der Waals surface area contributed by atoms with Crippen molar-refractivity contribution in [1.82, 2.24) is 5.32 Å². The largest absolute Gasteiger partial charge is 0.459 e. The molecule has 0 saturated heterocycles. The number of carbonyl (C=O) groups is 1. The molecule has 0 fully saturated rings. The molecule has 12 heavy (non-hydrogen) atoms. The molecular weight excluding hydrogens is 156 g/mol. The van der Waals surface area contributed by atoms with E-state index in [1.54, 1.807) is 19.1 Å². The third-order valence-corrected chi connectivity index (χ3v) is 1.29. The Labute approximate surface area is 69.8 Å². The van der Waals surface area contributed by atoms with Crippen LogP contribution in [0.3, 0.4) is 0 Å². The average molecular weight is 164 g/mol. The first-order valence-corrected chi connectivity index (χ1v) is 3.48. The third kappa shape index (κ3) is 1.86. The van der Waals surface area contributed by atoms with Gasteiger partial charge in [-0.25, -0.2) is 0 Å². The average Bonchev–Trinajstić information content (AvgIpc) is 2.56. The Morgan fingerprint density at radius 2 is 2.58 bits per heavy atom. The van der Waals surface area contributed by atoms with Crippen molar-refractivity contribution in [3.63, 3.8) is 0 Å². The lowest BCUT2D eigenvalue weighted by molar-refractivity contribution is 0.0920. The van der Waals surface area contributed by atoms with Gasteiger partial charge in [-0.15, -0.1) is 0 Å². The Balaban J connectivity index is 2.57. The van der Waals surface area contributed by atoms with E-state index in [9.17, 15) is 4.79 Å². The van der Waals surface area contributed by atoms with Crippen molar-refractivity contribution >= 4 is 5.91 Å². The summed E-state index contributed by atoms with van der Waals surface area (Å²) in [5, 5.41) is 10.8. The summed E-state index contributed by atoms with van der Waals surface area (Å²) in [5.74, 6) is -0.147. The molecule has 0 aromatic carbocycles. The summed E-state index contributed by atoms with van der Waals surface area (Å²) < 4.78 is 4.82. The number of amides is 1. The standard InChI is InChI=1S/C8H8N2O2/c1-6(5-9)10-8(11)7-3-2-4-12-7/h2-4,6H,1H3,(H,10,11)/t6-/m0/s1. The van der Waals surface area contributed by atoms with Crippen molar-refractivity contribution in [1.29, 1.82) is 5.26 Å². The van der Waals surface area contributed by atoms with Crippen LogP contribution in [-0.2, 0) is 0 Å². The molecule has 0 unspecified atom stereocenters. The molecule has 62 valence electrons. The molecule has 0 aliphatic heterocycles. The minimum atomic E-state index is -0.498. The molecule has 1 heterocycles. The molecule has 0 aliphatic carbocycles. The van der Waals surface area contributed by atoms with Crippen LogP contribution in [0.2, 0.25) is 0 Å². The number of rotatable bonds is 2. The fourth-order valence-electron chi connectivity index (χ4n) is 0.708. The van der Waals surface area contributed by atoms with Crippen molar-refractivity contribution in [2.24, 2.45) is 0 Å². The lowest BCUT2D eigenvalue weighted by atomic mass is 10.3. The van der Waals surface area contributed by atoms with E-state index in [1.807, 2.05) is 6.07 Å². The van der Waals surface area contributed by atoms with Gasteiger partial charge in [0.15, 0.2) is 5.76 Å². The summed E-state index contributed by atoms with van der Waals surface area (Å²) in [4.78, 5) is 11.1. The van der Waals surface area contributed by atoms with Crippen molar-refractivity contribution in [2.45, 2.75) is 13.0 Å². The quantitative estimate of drug-likeness (QED) is 0.706. The molecule has 0 aliphatic rings. The Bertz CT molecular complexity index is 297. The molecule has 1 aromatic rings. The van der Waals surface area contributed by atoms with Gasteiger partial charge in [0.1, 0.15) is 6.04 Å². The Hall–Kier alpha value is -1.76. The van der Waals surface area contributed by atoms with Crippen molar-refractivity contribution < 1.29 is 9.21 Å². The molecule has 4 heteroatoms. The first kappa shape index (κ1) is 8.34. The topological polar surface area (TPSA) is 66.0 Å². The third-order valence-electron chi connectivity index (χ3n) is 1.29. The number of hydrogen-bond acceptors (Lipinski definition) is 3. The van der Waals surface area contributed by atoms with Crippen LogP contribution in [0, 0.1) is 11.3 Å². The first-order chi connectivity index (χ1) is 5.74. The van der Waals surface area contributed by atoms with Crippen molar-refractivity contribution in [2.75, 3.05) is 0 Å². The summed E-state index contributed by atoms with van der Waals surface area (Å²) >= 11 is 0. The molecule has 4 nitrogen and oxygen atoms in total. The predicted octanol–water partition coefficient (Wildman–Crippen LogP) is 0.921. The van der Waals surface area contributed by atoms with E-state index in [0.717, 1.165) is 0 Å². The molecular formula is C8H8N2O2. The normalized spacial score (nSPS) is 11.7. The SMILES string of the molecule is C[C@@H](C#N)NC(=O)c1ccco1. The second kappa shape index (κ2) is 3.58. The molecule has 1 N–H and O–H groups in total. The monoisotopic (exact) mass is 164 g/mol. The number of hydrogen-bond donors (Lipinski definition) is 1. The maximum atomic E-state index is 11.1. The van der Waals surface area contributed by atoms with E-state index in [4.69, 9.17) is 9.68 Å². The van der Waals surface area contributed by atoms with Crippen LogP contribution in [0.4, 0.5) is 0 Å². The zero-order valence-corrected chi connectivity index (χ0v) is 6.57. The predicted molar refractivity (Wildman–Crippen MR) is 41.2 cm³/mol. The van der Waals surface area contributed by atoms with Gasteiger partial charge in [-0.3, -0.25) is 4.79 Å². The number of nitrogens with one attached hydrogen (secondary N) is 1. The van der Waals surface area contributed by atoms with Crippen LogP contribution in [0.25, 0.3) is 0 Å². The van der Waals surface area contributed by atoms with Crippen LogP contribution in [0.15, 0.2) is 22.8 Å². The number of nitriles is 1. The van der Waals surface area contributed by atoms with E-state index in [2.05, 4.69) is 5.32 Å². The van der Waals surface area contributed by atoms with Gasteiger partial charge in [-0.1, -0.05) is 0 Å². The molecule has 1 amide bonds. The fraction of sp³-hybridized carbons (Fsp3) is 0.250. The van der Waals surface area contributed by atoms with Crippen LogP contribution in [-0.4, -0.2) is 11.9 Å². The molecule has 0 saturated carbocycles. The molecule has 1 rings (SSSR count). The minimum absolute atomic E-state index is 0.220. The summed E-state index contributed by atoms with van der Waals surface area (Å²) in [6.07, 6.45) is 1.41. The highest BCUT2D eigenvalue weighted by atomic mass is 16.3. The first-order valence-electron chi connectivity index (χ1n) is 3.48. The van der Waals surface area contributed by atoms with Crippen LogP contribution in [0.5, 0.6) is 0 Å². The Morgan fingerprint density at radius 1 is 1.83 bits per heavy atom. The highest BCUT2D eigenvalue weighted by Gasteiger charge is 2.10. The van der Waals surface area contributed by atoms with Gasteiger partial charge in [-0.2, -0.15) is 5.26 Å². The summed E-state index contributed by atoms with van der Waals surface area (Å²) in [5.41, 5.74) is 0. The summed E-state index contributed by atoms with van der Waals surface area (Å²) in [6.45, 7) is 1.60. The van der Waals surface area contributed by atoms with E-state index >= 15 is 0 Å². The minimum Gasteiger partial charge on any atom is -0.459 e.